The van der Waals surface area contributed by atoms with Gasteiger partial charge in [0.05, 0.1) is 6.61 Å². The van der Waals surface area contributed by atoms with E-state index in [2.05, 4.69) is 30.9 Å². The van der Waals surface area contributed by atoms with Crippen LogP contribution in [0.5, 0.6) is 0 Å². The summed E-state index contributed by atoms with van der Waals surface area (Å²) in [5.41, 5.74) is -0.0691. The Labute approximate surface area is 98.2 Å². The van der Waals surface area contributed by atoms with E-state index in [1.807, 2.05) is 0 Å². The Kier molecular flexibility index (Phi) is 6.02. The normalized spacial score (nSPS) is 21.8. The van der Waals surface area contributed by atoms with E-state index >= 15 is 0 Å². The van der Waals surface area contributed by atoms with Gasteiger partial charge in [0.1, 0.15) is 0 Å². The summed E-state index contributed by atoms with van der Waals surface area (Å²) in [4.78, 5) is 0. The molecule has 0 heterocycles. The molecule has 1 aliphatic rings. The molecule has 0 spiro atoms. The van der Waals surface area contributed by atoms with Crippen LogP contribution in [0, 0.1) is 0 Å². The predicted octanol–water partition coefficient (Wildman–Crippen LogP) is 2.41. The van der Waals surface area contributed by atoms with E-state index in [0.29, 0.717) is 0 Å². The summed E-state index contributed by atoms with van der Waals surface area (Å²) in [7, 11) is 0. The lowest BCUT2D eigenvalue weighted by Crippen LogP contribution is -2.46. The van der Waals surface area contributed by atoms with Gasteiger partial charge in [-0.15, -0.1) is 0 Å². The van der Waals surface area contributed by atoms with Gasteiger partial charge in [-0.2, -0.15) is 11.8 Å². The number of rotatable bonds is 7. The van der Waals surface area contributed by atoms with Crippen LogP contribution in [-0.4, -0.2) is 34.8 Å². The molecule has 2 N–H and O–H groups in total. The number of thioether (sulfide) groups is 1. The van der Waals surface area contributed by atoms with Crippen LogP contribution >= 0.6 is 11.8 Å². The molecule has 0 aromatic heterocycles. The number of hydrogen-bond acceptors (Lipinski definition) is 3. The lowest BCUT2D eigenvalue weighted by molar-refractivity contribution is 0.173. The molecule has 0 bridgehead atoms. The van der Waals surface area contributed by atoms with Crippen molar-refractivity contribution in [3.05, 3.63) is 0 Å². The van der Waals surface area contributed by atoms with Crippen LogP contribution in [0.25, 0.3) is 0 Å². The Morgan fingerprint density at radius 1 is 1.40 bits per heavy atom. The minimum atomic E-state index is -0.0691. The van der Waals surface area contributed by atoms with E-state index in [0.717, 1.165) is 18.2 Å². The summed E-state index contributed by atoms with van der Waals surface area (Å²) >= 11 is 2.10. The molecule has 2 nitrogen and oxygen atoms in total. The largest absolute Gasteiger partial charge is 0.394 e. The molecular formula is C12H25NOS. The van der Waals surface area contributed by atoms with Crippen molar-refractivity contribution in [2.45, 2.75) is 56.7 Å². The summed E-state index contributed by atoms with van der Waals surface area (Å²) in [6.07, 6.45) is 6.71. The van der Waals surface area contributed by atoms with Crippen LogP contribution in [0.15, 0.2) is 0 Å². The molecule has 0 saturated heterocycles. The van der Waals surface area contributed by atoms with Crippen molar-refractivity contribution in [1.82, 2.24) is 5.32 Å². The van der Waals surface area contributed by atoms with E-state index in [1.54, 1.807) is 0 Å². The van der Waals surface area contributed by atoms with Crippen LogP contribution in [0.3, 0.4) is 0 Å². The fraction of sp³-hybridized carbons (Fsp3) is 1.00. The van der Waals surface area contributed by atoms with Gasteiger partial charge in [-0.1, -0.05) is 19.8 Å². The van der Waals surface area contributed by atoms with Crippen molar-refractivity contribution in [3.8, 4) is 0 Å². The molecule has 15 heavy (non-hydrogen) atoms. The summed E-state index contributed by atoms with van der Waals surface area (Å²) in [5.74, 6) is 1.18. The first-order chi connectivity index (χ1) is 7.20. The number of aliphatic hydroxyl groups is 1. The first-order valence-corrected chi connectivity index (χ1v) is 7.22. The molecule has 0 aliphatic heterocycles. The van der Waals surface area contributed by atoms with Crippen molar-refractivity contribution >= 4 is 11.8 Å². The quantitative estimate of drug-likeness (QED) is 0.706. The third-order valence-corrected chi connectivity index (χ3v) is 4.64. The second kappa shape index (κ2) is 6.77. The van der Waals surface area contributed by atoms with Crippen LogP contribution < -0.4 is 5.32 Å². The highest BCUT2D eigenvalue weighted by molar-refractivity contribution is 7.99. The minimum Gasteiger partial charge on any atom is -0.394 e. The highest BCUT2D eigenvalue weighted by atomic mass is 32.2. The van der Waals surface area contributed by atoms with Crippen molar-refractivity contribution in [2.24, 2.45) is 0 Å². The molecule has 0 amide bonds. The highest BCUT2D eigenvalue weighted by Gasteiger charge is 2.22. The topological polar surface area (TPSA) is 32.3 Å². The second-order valence-electron chi connectivity index (χ2n) is 4.78. The molecule has 1 fully saturated rings. The van der Waals surface area contributed by atoms with Crippen LogP contribution in [-0.2, 0) is 0 Å². The zero-order valence-corrected chi connectivity index (χ0v) is 10.9. The summed E-state index contributed by atoms with van der Waals surface area (Å²) < 4.78 is 0. The molecule has 0 aromatic carbocycles. The third kappa shape index (κ3) is 4.75. The molecule has 0 radical (unpaired) electrons. The number of hydrogen-bond donors (Lipinski definition) is 2. The summed E-state index contributed by atoms with van der Waals surface area (Å²) in [6, 6.07) is 0. The molecule has 1 saturated carbocycles. The molecular weight excluding hydrogens is 206 g/mol. The molecule has 90 valence electrons. The van der Waals surface area contributed by atoms with E-state index in [1.165, 1.54) is 31.4 Å². The summed E-state index contributed by atoms with van der Waals surface area (Å²) in [6.45, 7) is 5.39. The van der Waals surface area contributed by atoms with Crippen molar-refractivity contribution < 1.29 is 5.11 Å². The number of likely N-dealkylation sites (N-methyl/N-ethyl adjacent to an activating group) is 1. The second-order valence-corrected chi connectivity index (χ2v) is 6.18. The van der Waals surface area contributed by atoms with Gasteiger partial charge in [-0.05, 0) is 38.5 Å². The summed E-state index contributed by atoms with van der Waals surface area (Å²) in [5, 5.41) is 13.6. The monoisotopic (exact) mass is 231 g/mol. The van der Waals surface area contributed by atoms with E-state index in [9.17, 15) is 5.11 Å². The lowest BCUT2D eigenvalue weighted by Gasteiger charge is -2.28. The van der Waals surface area contributed by atoms with Gasteiger partial charge in [0, 0.05) is 10.8 Å². The Morgan fingerprint density at radius 3 is 2.60 bits per heavy atom. The van der Waals surface area contributed by atoms with Gasteiger partial charge in [0.2, 0.25) is 0 Å². The Hall–Kier alpha value is 0.270. The van der Waals surface area contributed by atoms with Gasteiger partial charge >= 0.3 is 0 Å². The SMILES string of the molecule is CCNC(C)(CO)CCSC1CCCC1. The third-order valence-electron chi connectivity index (χ3n) is 3.26. The van der Waals surface area contributed by atoms with E-state index in [-0.39, 0.29) is 12.1 Å². The fourth-order valence-electron chi connectivity index (χ4n) is 2.16. The van der Waals surface area contributed by atoms with Gasteiger partial charge in [0.25, 0.3) is 0 Å². The standard InChI is InChI=1S/C12H25NOS/c1-3-13-12(2,10-14)8-9-15-11-6-4-5-7-11/h11,13-14H,3-10H2,1-2H3. The van der Waals surface area contributed by atoms with Gasteiger partial charge in [-0.3, -0.25) is 0 Å². The lowest BCUT2D eigenvalue weighted by atomic mass is 10.0. The van der Waals surface area contributed by atoms with Crippen LogP contribution in [0.4, 0.5) is 0 Å². The maximum absolute atomic E-state index is 9.34. The molecule has 3 heteroatoms. The van der Waals surface area contributed by atoms with Gasteiger partial charge in [0.15, 0.2) is 0 Å². The molecule has 1 atom stereocenters. The molecule has 1 rings (SSSR count). The molecule has 1 aliphatic carbocycles. The van der Waals surface area contributed by atoms with E-state index in [4.69, 9.17) is 0 Å². The van der Waals surface area contributed by atoms with Gasteiger partial charge < -0.3 is 10.4 Å². The first-order valence-electron chi connectivity index (χ1n) is 6.17. The van der Waals surface area contributed by atoms with Crippen molar-refractivity contribution in [3.63, 3.8) is 0 Å². The zero-order chi connectivity index (χ0) is 11.1. The fourth-order valence-corrected chi connectivity index (χ4v) is 3.72. The van der Waals surface area contributed by atoms with Crippen molar-refractivity contribution in [1.29, 1.82) is 0 Å². The van der Waals surface area contributed by atoms with Crippen LogP contribution in [0.2, 0.25) is 0 Å². The minimum absolute atomic E-state index is 0.0691. The maximum Gasteiger partial charge on any atom is 0.0610 e. The van der Waals surface area contributed by atoms with Crippen LogP contribution in [0.1, 0.15) is 46.0 Å². The average Bonchev–Trinajstić information content (AvgIpc) is 2.71. The maximum atomic E-state index is 9.34. The number of aliphatic hydroxyl groups excluding tert-OH is 1. The Bertz CT molecular complexity index is 171. The number of nitrogens with one attached hydrogen (secondary N) is 1. The smallest absolute Gasteiger partial charge is 0.0610 e. The highest BCUT2D eigenvalue weighted by Crippen LogP contribution is 2.30. The Morgan fingerprint density at radius 2 is 2.07 bits per heavy atom. The van der Waals surface area contributed by atoms with Crippen molar-refractivity contribution in [2.75, 3.05) is 18.9 Å². The predicted molar refractivity (Wildman–Crippen MR) is 68.5 cm³/mol. The Balaban J connectivity index is 2.15. The average molecular weight is 231 g/mol. The first kappa shape index (κ1) is 13.3. The molecule has 1 unspecified atom stereocenters. The zero-order valence-electron chi connectivity index (χ0n) is 10.1. The van der Waals surface area contributed by atoms with E-state index < -0.39 is 0 Å². The van der Waals surface area contributed by atoms with Gasteiger partial charge in [-0.25, -0.2) is 0 Å². The molecule has 0 aromatic rings.